The maximum absolute atomic E-state index is 12.2. The van der Waals surface area contributed by atoms with Crippen molar-refractivity contribution >= 4 is 23.6 Å². The Bertz CT molecular complexity index is 826. The number of amides is 2. The van der Waals surface area contributed by atoms with Gasteiger partial charge in [-0.2, -0.15) is 0 Å². The molecule has 0 aliphatic carbocycles. The van der Waals surface area contributed by atoms with Gasteiger partial charge >= 0.3 is 5.97 Å². The third kappa shape index (κ3) is 4.03. The molecular formula is C20H17NO5. The van der Waals surface area contributed by atoms with E-state index in [0.29, 0.717) is 10.6 Å². The van der Waals surface area contributed by atoms with E-state index in [2.05, 4.69) is 0 Å². The van der Waals surface area contributed by atoms with Crippen LogP contribution in [-0.4, -0.2) is 28.6 Å². The van der Waals surface area contributed by atoms with E-state index in [0.717, 1.165) is 11.1 Å². The summed E-state index contributed by atoms with van der Waals surface area (Å²) in [6.07, 6.45) is -0.173. The van der Waals surface area contributed by atoms with Gasteiger partial charge in [-0.05, 0) is 11.1 Å². The fourth-order valence-corrected chi connectivity index (χ4v) is 2.64. The number of carbonyl (C=O) groups excluding carboxylic acids is 4. The number of ketones is 1. The summed E-state index contributed by atoms with van der Waals surface area (Å²) < 4.78 is 0. The minimum absolute atomic E-state index is 0.0405. The lowest BCUT2D eigenvalue weighted by molar-refractivity contribution is -0.197. The van der Waals surface area contributed by atoms with Crippen molar-refractivity contribution in [3.05, 3.63) is 60.2 Å². The van der Waals surface area contributed by atoms with Crippen LogP contribution in [0.5, 0.6) is 0 Å². The van der Waals surface area contributed by atoms with Crippen molar-refractivity contribution in [3.63, 3.8) is 0 Å². The van der Waals surface area contributed by atoms with Crippen molar-refractivity contribution < 1.29 is 24.0 Å². The van der Waals surface area contributed by atoms with Crippen molar-refractivity contribution in [1.82, 2.24) is 5.06 Å². The number of imide groups is 1. The lowest BCUT2D eigenvalue weighted by Gasteiger charge is -2.12. The molecule has 26 heavy (non-hydrogen) atoms. The maximum Gasteiger partial charge on any atom is 0.333 e. The molecule has 0 atom stereocenters. The summed E-state index contributed by atoms with van der Waals surface area (Å²) in [5.74, 6) is -2.05. The Labute approximate surface area is 150 Å². The van der Waals surface area contributed by atoms with Gasteiger partial charge in [0.25, 0.3) is 11.8 Å². The van der Waals surface area contributed by atoms with Gasteiger partial charge in [-0.25, -0.2) is 4.79 Å². The Morgan fingerprint density at radius 1 is 0.808 bits per heavy atom. The highest BCUT2D eigenvalue weighted by molar-refractivity contribution is 6.02. The van der Waals surface area contributed by atoms with Gasteiger partial charge in [-0.1, -0.05) is 54.6 Å². The van der Waals surface area contributed by atoms with Gasteiger partial charge in [0.15, 0.2) is 5.78 Å². The molecule has 1 fully saturated rings. The molecule has 3 rings (SSSR count). The second kappa shape index (κ2) is 7.74. The fourth-order valence-electron chi connectivity index (χ4n) is 2.64. The molecule has 0 N–H and O–H groups in total. The normalized spacial score (nSPS) is 13.8. The first kappa shape index (κ1) is 17.5. The Morgan fingerprint density at radius 3 is 2.00 bits per heavy atom. The van der Waals surface area contributed by atoms with Gasteiger partial charge in [0.05, 0.1) is 6.42 Å². The van der Waals surface area contributed by atoms with E-state index in [1.165, 1.54) is 0 Å². The predicted molar refractivity (Wildman–Crippen MR) is 92.6 cm³/mol. The molecule has 1 aliphatic heterocycles. The van der Waals surface area contributed by atoms with E-state index in [1.807, 2.05) is 42.5 Å². The first-order chi connectivity index (χ1) is 12.5. The van der Waals surface area contributed by atoms with Crippen LogP contribution < -0.4 is 0 Å². The molecular weight excluding hydrogens is 334 g/mol. The molecule has 2 amide bonds. The number of nitrogens with zero attached hydrogens (tertiary/aromatic N) is 1. The second-order valence-electron chi connectivity index (χ2n) is 5.91. The Hall–Kier alpha value is -3.28. The van der Waals surface area contributed by atoms with Crippen LogP contribution in [0.1, 0.15) is 36.0 Å². The number of hydrogen-bond acceptors (Lipinski definition) is 5. The fraction of sp³-hybridized carbons (Fsp3) is 0.200. The summed E-state index contributed by atoms with van der Waals surface area (Å²) in [7, 11) is 0. The zero-order valence-electron chi connectivity index (χ0n) is 14.0. The van der Waals surface area contributed by atoms with Crippen molar-refractivity contribution in [2.45, 2.75) is 25.7 Å². The molecule has 2 aromatic carbocycles. The Kier molecular flexibility index (Phi) is 5.22. The summed E-state index contributed by atoms with van der Waals surface area (Å²) in [6, 6.07) is 16.9. The van der Waals surface area contributed by atoms with Crippen LogP contribution in [-0.2, 0) is 19.2 Å². The number of rotatable bonds is 6. The molecule has 0 aromatic heterocycles. The molecule has 0 spiro atoms. The number of benzene rings is 2. The molecule has 1 heterocycles. The lowest BCUT2D eigenvalue weighted by Crippen LogP contribution is -2.32. The number of hydroxylamine groups is 2. The number of Topliss-reactive ketones (excluding diaryl/α,β-unsaturated/α-hetero) is 1. The molecule has 0 bridgehead atoms. The van der Waals surface area contributed by atoms with Crippen molar-refractivity contribution in [2.24, 2.45) is 0 Å². The topological polar surface area (TPSA) is 80.8 Å². The van der Waals surface area contributed by atoms with Crippen molar-refractivity contribution in [3.8, 4) is 11.1 Å². The van der Waals surface area contributed by atoms with Gasteiger partial charge in [0, 0.05) is 24.8 Å². The zero-order valence-corrected chi connectivity index (χ0v) is 14.0. The minimum atomic E-state index is -0.775. The van der Waals surface area contributed by atoms with Gasteiger partial charge in [0.2, 0.25) is 0 Å². The quantitative estimate of drug-likeness (QED) is 0.590. The van der Waals surface area contributed by atoms with Crippen LogP contribution in [0.2, 0.25) is 0 Å². The van der Waals surface area contributed by atoms with Gasteiger partial charge < -0.3 is 4.84 Å². The van der Waals surface area contributed by atoms with Crippen molar-refractivity contribution in [1.29, 1.82) is 0 Å². The Balaban J connectivity index is 1.54. The highest BCUT2D eigenvalue weighted by atomic mass is 16.7. The van der Waals surface area contributed by atoms with Crippen LogP contribution in [0.15, 0.2) is 54.6 Å². The summed E-state index contributed by atoms with van der Waals surface area (Å²) >= 11 is 0. The van der Waals surface area contributed by atoms with E-state index in [4.69, 9.17) is 4.84 Å². The van der Waals surface area contributed by atoms with Crippen LogP contribution in [0, 0.1) is 0 Å². The molecule has 1 aliphatic rings. The number of hydrogen-bond donors (Lipinski definition) is 0. The van der Waals surface area contributed by atoms with E-state index in [1.54, 1.807) is 12.1 Å². The summed E-state index contributed by atoms with van der Waals surface area (Å²) in [4.78, 5) is 51.5. The molecule has 0 unspecified atom stereocenters. The number of carbonyl (C=O) groups is 4. The van der Waals surface area contributed by atoms with Gasteiger partial charge in [-0.3, -0.25) is 14.4 Å². The van der Waals surface area contributed by atoms with E-state index < -0.39 is 17.8 Å². The predicted octanol–water partition coefficient (Wildman–Crippen LogP) is 2.92. The van der Waals surface area contributed by atoms with Crippen LogP contribution in [0.25, 0.3) is 11.1 Å². The molecule has 132 valence electrons. The largest absolute Gasteiger partial charge is 0.333 e. The standard InChI is InChI=1S/C20H17NO5/c22-17(10-13-20(25)26-21-18(23)11-12-19(21)24)16-8-6-15(7-9-16)14-4-2-1-3-5-14/h1-9H,10-13H2. The molecule has 6 heteroatoms. The average molecular weight is 351 g/mol. The molecule has 2 aromatic rings. The van der Waals surface area contributed by atoms with Gasteiger partial charge in [-0.15, -0.1) is 5.06 Å². The lowest BCUT2D eigenvalue weighted by atomic mass is 10.0. The molecule has 1 saturated heterocycles. The monoisotopic (exact) mass is 351 g/mol. The molecule has 0 radical (unpaired) electrons. The highest BCUT2D eigenvalue weighted by Crippen LogP contribution is 2.20. The Morgan fingerprint density at radius 2 is 1.38 bits per heavy atom. The van der Waals surface area contributed by atoms with Crippen LogP contribution in [0.3, 0.4) is 0 Å². The van der Waals surface area contributed by atoms with Gasteiger partial charge in [0.1, 0.15) is 0 Å². The van der Waals surface area contributed by atoms with E-state index in [9.17, 15) is 19.2 Å². The molecule has 6 nitrogen and oxygen atoms in total. The second-order valence-corrected chi connectivity index (χ2v) is 5.91. The van der Waals surface area contributed by atoms with E-state index >= 15 is 0 Å². The van der Waals surface area contributed by atoms with E-state index in [-0.39, 0.29) is 31.5 Å². The summed E-state index contributed by atoms with van der Waals surface area (Å²) in [6.45, 7) is 0. The average Bonchev–Trinajstić information content (AvgIpc) is 2.99. The first-order valence-corrected chi connectivity index (χ1v) is 8.30. The third-order valence-corrected chi connectivity index (χ3v) is 4.07. The highest BCUT2D eigenvalue weighted by Gasteiger charge is 2.32. The summed E-state index contributed by atoms with van der Waals surface area (Å²) in [5.41, 5.74) is 2.54. The van der Waals surface area contributed by atoms with Crippen LogP contribution in [0.4, 0.5) is 0 Å². The smallest absolute Gasteiger partial charge is 0.330 e. The molecule has 0 saturated carbocycles. The van der Waals surface area contributed by atoms with Crippen LogP contribution >= 0.6 is 0 Å². The zero-order chi connectivity index (χ0) is 18.5. The third-order valence-electron chi connectivity index (χ3n) is 4.07. The summed E-state index contributed by atoms with van der Waals surface area (Å²) in [5, 5.41) is 0.488. The van der Waals surface area contributed by atoms with Crippen molar-refractivity contribution in [2.75, 3.05) is 0 Å². The first-order valence-electron chi connectivity index (χ1n) is 8.30. The maximum atomic E-state index is 12.2. The SMILES string of the molecule is O=C(CCC(=O)c1ccc(-c2ccccc2)cc1)ON1C(=O)CCC1=O. The minimum Gasteiger partial charge on any atom is -0.330 e.